The second kappa shape index (κ2) is 14.0. The third kappa shape index (κ3) is 9.82. The highest BCUT2D eigenvalue weighted by molar-refractivity contribution is 7.89. The minimum Gasteiger partial charge on any atom is -0.355 e. The van der Waals surface area contributed by atoms with E-state index in [1.807, 2.05) is 29.6 Å². The second-order valence-corrected chi connectivity index (χ2v) is 11.4. The van der Waals surface area contributed by atoms with Crippen LogP contribution in [0.3, 0.4) is 0 Å². The molecule has 2 amide bonds. The van der Waals surface area contributed by atoms with Gasteiger partial charge in [0.15, 0.2) is 0 Å². The molecule has 4 rings (SSSR count). The molecule has 0 radical (unpaired) electrons. The van der Waals surface area contributed by atoms with E-state index in [9.17, 15) is 44.3 Å². The number of rotatable bonds is 8. The fraction of sp³-hybridized carbons (Fsp3) is 0.310. The van der Waals surface area contributed by atoms with Gasteiger partial charge in [0.25, 0.3) is 0 Å². The lowest BCUT2D eigenvalue weighted by molar-refractivity contribution is -0.143. The molecule has 1 aliphatic carbocycles. The zero-order valence-corrected chi connectivity index (χ0v) is 23.5. The first-order valence-electron chi connectivity index (χ1n) is 13.0. The highest BCUT2D eigenvalue weighted by Crippen LogP contribution is 2.36. The molecule has 0 aliphatic heterocycles. The zero-order valence-electron chi connectivity index (χ0n) is 22.6. The van der Waals surface area contributed by atoms with Gasteiger partial charge >= 0.3 is 12.4 Å². The van der Waals surface area contributed by atoms with Crippen LogP contribution in [-0.4, -0.2) is 20.7 Å². The average molecular weight is 630 g/mol. The molecule has 43 heavy (non-hydrogen) atoms. The molecule has 1 fully saturated rings. The van der Waals surface area contributed by atoms with Gasteiger partial charge < -0.3 is 10.6 Å². The number of primary sulfonamides is 1. The van der Waals surface area contributed by atoms with Gasteiger partial charge in [-0.2, -0.15) is 26.3 Å². The van der Waals surface area contributed by atoms with Crippen LogP contribution in [0.2, 0.25) is 0 Å². The van der Waals surface area contributed by atoms with Crippen molar-refractivity contribution >= 4 is 22.3 Å². The Hall–Kier alpha value is -3.91. The number of hydrogen-bond acceptors (Lipinski definition) is 4. The monoisotopic (exact) mass is 629 g/mol. The fourth-order valence-electron chi connectivity index (χ4n) is 4.56. The van der Waals surface area contributed by atoms with Crippen molar-refractivity contribution in [2.45, 2.75) is 56.0 Å². The Morgan fingerprint density at radius 2 is 1.40 bits per heavy atom. The number of hydrogen-bond donors (Lipinski definition) is 3. The molecule has 14 heteroatoms. The fourth-order valence-corrected chi connectivity index (χ4v) is 5.32. The van der Waals surface area contributed by atoms with Crippen molar-refractivity contribution in [3.63, 3.8) is 0 Å². The van der Waals surface area contributed by atoms with Crippen LogP contribution >= 0.6 is 0 Å². The minimum atomic E-state index is -4.88. The molecule has 0 saturated heterocycles. The van der Waals surface area contributed by atoms with E-state index < -0.39 is 40.0 Å². The number of amides is 2. The summed E-state index contributed by atoms with van der Waals surface area (Å²) < 4.78 is 97.9. The number of carbonyl (C=O) groups is 2. The van der Waals surface area contributed by atoms with Crippen LogP contribution < -0.4 is 15.8 Å². The first-order chi connectivity index (χ1) is 20.1. The number of alkyl halides is 6. The van der Waals surface area contributed by atoms with Gasteiger partial charge in [-0.05, 0) is 53.8 Å². The predicted molar refractivity (Wildman–Crippen MR) is 146 cm³/mol. The van der Waals surface area contributed by atoms with Crippen molar-refractivity contribution in [1.29, 1.82) is 0 Å². The molecule has 0 spiro atoms. The highest BCUT2D eigenvalue weighted by atomic mass is 32.2. The van der Waals surface area contributed by atoms with Gasteiger partial charge in [0.2, 0.25) is 22.3 Å². The molecular weight excluding hydrogens is 600 g/mol. The Kier molecular flexibility index (Phi) is 11.0. The molecular formula is C29H29F6N3O4S. The van der Waals surface area contributed by atoms with E-state index >= 15 is 0 Å². The molecule has 1 saturated carbocycles. The van der Waals surface area contributed by atoms with E-state index in [4.69, 9.17) is 5.14 Å². The topological polar surface area (TPSA) is 118 Å². The smallest absolute Gasteiger partial charge is 0.355 e. The summed E-state index contributed by atoms with van der Waals surface area (Å²) in [5.41, 5.74) is -0.755. The van der Waals surface area contributed by atoms with Crippen LogP contribution in [0.1, 0.15) is 47.9 Å². The summed E-state index contributed by atoms with van der Waals surface area (Å²) in [6.45, 7) is 0.0724. The second-order valence-electron chi connectivity index (χ2n) is 9.85. The summed E-state index contributed by atoms with van der Waals surface area (Å²) in [6.07, 6.45) is -5.33. The Morgan fingerprint density at radius 3 is 1.91 bits per heavy atom. The van der Waals surface area contributed by atoms with Crippen molar-refractivity contribution in [3.05, 3.63) is 89.0 Å². The van der Waals surface area contributed by atoms with Crippen LogP contribution in [-0.2, 0) is 45.1 Å². The van der Waals surface area contributed by atoms with Crippen LogP contribution in [0.25, 0.3) is 11.1 Å². The number of carbonyl (C=O) groups excluding carboxylic acids is 2. The minimum absolute atomic E-state index is 0.0322. The normalized spacial score (nSPS) is 14.0. The van der Waals surface area contributed by atoms with Gasteiger partial charge in [0.05, 0.1) is 16.0 Å². The van der Waals surface area contributed by atoms with Gasteiger partial charge in [-0.15, -0.1) is 0 Å². The summed E-state index contributed by atoms with van der Waals surface area (Å²) >= 11 is 0. The summed E-state index contributed by atoms with van der Waals surface area (Å²) in [7, 11) is -3.78. The van der Waals surface area contributed by atoms with Crippen LogP contribution in [0.15, 0.2) is 71.6 Å². The first-order valence-corrected chi connectivity index (χ1v) is 14.6. The molecule has 0 aromatic heterocycles. The third-order valence-electron chi connectivity index (χ3n) is 6.69. The molecule has 232 valence electrons. The lowest BCUT2D eigenvalue weighted by Gasteiger charge is -2.13. The molecule has 3 aromatic carbocycles. The summed E-state index contributed by atoms with van der Waals surface area (Å²) in [5.74, 6) is 0.280. The van der Waals surface area contributed by atoms with Crippen LogP contribution in [0.4, 0.5) is 26.3 Å². The van der Waals surface area contributed by atoms with Crippen LogP contribution in [0.5, 0.6) is 0 Å². The first kappa shape index (κ1) is 33.6. The summed E-state index contributed by atoms with van der Waals surface area (Å²) in [6, 6.07) is 15.3. The maximum absolute atomic E-state index is 12.4. The predicted octanol–water partition coefficient (Wildman–Crippen LogP) is 5.78. The lowest BCUT2D eigenvalue weighted by Crippen LogP contribution is -2.28. The van der Waals surface area contributed by atoms with Gasteiger partial charge in [-0.3, -0.25) is 9.59 Å². The van der Waals surface area contributed by atoms with Crippen LogP contribution in [0, 0.1) is 5.92 Å². The Labute approximate surface area is 244 Å². The van der Waals surface area contributed by atoms with E-state index in [2.05, 4.69) is 5.32 Å². The van der Waals surface area contributed by atoms with Crippen molar-refractivity contribution in [1.82, 2.24) is 10.6 Å². The van der Waals surface area contributed by atoms with Gasteiger partial charge in [0, 0.05) is 24.6 Å². The average Bonchev–Trinajstić information content (AvgIpc) is 3.49. The molecule has 0 bridgehead atoms. The number of sulfonamides is 1. The molecule has 0 unspecified atom stereocenters. The molecule has 4 N–H and O–H groups in total. The van der Waals surface area contributed by atoms with E-state index in [1.165, 1.54) is 6.07 Å². The quantitative estimate of drug-likeness (QED) is 0.216. The van der Waals surface area contributed by atoms with E-state index in [0.717, 1.165) is 36.8 Å². The van der Waals surface area contributed by atoms with Gasteiger partial charge in [-0.1, -0.05) is 55.3 Å². The molecule has 0 atom stereocenters. The van der Waals surface area contributed by atoms with Gasteiger partial charge in [0.1, 0.15) is 0 Å². The highest BCUT2D eigenvalue weighted by Gasteiger charge is 2.36. The third-order valence-corrected chi connectivity index (χ3v) is 7.66. The Morgan fingerprint density at radius 1 is 0.837 bits per heavy atom. The van der Waals surface area contributed by atoms with Crippen molar-refractivity contribution in [2.24, 2.45) is 11.1 Å². The Bertz CT molecular complexity index is 1490. The largest absolute Gasteiger partial charge is 0.416 e. The maximum atomic E-state index is 12.4. The molecule has 1 aliphatic rings. The van der Waals surface area contributed by atoms with E-state index in [0.29, 0.717) is 24.2 Å². The standard InChI is InChI=1S/C19H22N2O3S.C10H7F6NO/c20-25(23,24)18-8-4-3-7-17(18)15-11-9-14(10-12-15)13-21-19(22)16-5-1-2-6-16;11-9(12,13)7-1-6(4-17-5-18)2-8(3-7)10(14,15)16/h3-4,7-12,16H,1-2,5-6,13H2,(H,21,22)(H2,20,23,24);1-3,5H,4H2,(H,17,18). The SMILES string of the molecule is NS(=O)(=O)c1ccccc1-c1ccc(CNC(=O)C2CCCC2)cc1.O=CNCc1cc(C(F)(F)F)cc(C(F)(F)F)c1. The number of halogens is 6. The van der Waals surface area contributed by atoms with E-state index in [-0.39, 0.29) is 34.8 Å². The zero-order chi connectivity index (χ0) is 31.8. The van der Waals surface area contributed by atoms with E-state index in [1.54, 1.807) is 18.2 Å². The number of benzene rings is 3. The van der Waals surface area contributed by atoms with Gasteiger partial charge in [-0.25, -0.2) is 13.6 Å². The summed E-state index contributed by atoms with van der Waals surface area (Å²) in [5, 5.41) is 10.3. The lowest BCUT2D eigenvalue weighted by atomic mass is 10.0. The number of nitrogens with one attached hydrogen (secondary N) is 2. The van der Waals surface area contributed by atoms with Crippen molar-refractivity contribution < 1.29 is 44.3 Å². The van der Waals surface area contributed by atoms with Crippen molar-refractivity contribution in [3.8, 4) is 11.1 Å². The van der Waals surface area contributed by atoms with Crippen molar-refractivity contribution in [2.75, 3.05) is 0 Å². The summed E-state index contributed by atoms with van der Waals surface area (Å²) in [4.78, 5) is 22.2. The number of nitrogens with two attached hydrogens (primary N) is 1. The molecule has 3 aromatic rings. The molecule has 7 nitrogen and oxygen atoms in total. The maximum Gasteiger partial charge on any atom is 0.416 e. The molecule has 0 heterocycles. The Balaban J connectivity index is 0.000000250.